The van der Waals surface area contributed by atoms with Crippen molar-refractivity contribution in [1.82, 2.24) is 14.0 Å². The standard InChI is InChI=1S/C12H20N4O2S/c13-7-11-4-2-6-16(10-11)19(17,18)15-9-12-3-1-5-14-8-12/h1,3,5,8,11,15H,2,4,6-7,9-10,13H2. The first-order valence-electron chi connectivity index (χ1n) is 6.45. The fourth-order valence-electron chi connectivity index (χ4n) is 2.21. The Morgan fingerprint density at radius 3 is 3.05 bits per heavy atom. The van der Waals surface area contributed by atoms with Crippen LogP contribution in [0.2, 0.25) is 0 Å². The Morgan fingerprint density at radius 1 is 1.53 bits per heavy atom. The number of nitrogens with one attached hydrogen (secondary N) is 1. The molecule has 1 saturated heterocycles. The van der Waals surface area contributed by atoms with Gasteiger partial charge in [-0.25, -0.2) is 0 Å². The fourth-order valence-corrected chi connectivity index (χ4v) is 3.51. The highest BCUT2D eigenvalue weighted by Crippen LogP contribution is 2.17. The van der Waals surface area contributed by atoms with Gasteiger partial charge in [0, 0.05) is 32.0 Å². The van der Waals surface area contributed by atoms with Crippen molar-refractivity contribution in [1.29, 1.82) is 0 Å². The number of pyridine rings is 1. The molecule has 1 aromatic rings. The third-order valence-electron chi connectivity index (χ3n) is 3.34. The minimum Gasteiger partial charge on any atom is -0.330 e. The van der Waals surface area contributed by atoms with E-state index in [1.54, 1.807) is 18.5 Å². The lowest BCUT2D eigenvalue weighted by Crippen LogP contribution is -2.47. The summed E-state index contributed by atoms with van der Waals surface area (Å²) in [5.41, 5.74) is 6.47. The molecule has 0 spiro atoms. The van der Waals surface area contributed by atoms with E-state index >= 15 is 0 Å². The summed E-state index contributed by atoms with van der Waals surface area (Å²) in [6, 6.07) is 3.63. The molecule has 0 amide bonds. The second-order valence-corrected chi connectivity index (χ2v) is 6.54. The van der Waals surface area contributed by atoms with Crippen LogP contribution in [0.1, 0.15) is 18.4 Å². The summed E-state index contributed by atoms with van der Waals surface area (Å²) in [6.07, 6.45) is 5.19. The maximum Gasteiger partial charge on any atom is 0.279 e. The van der Waals surface area contributed by atoms with Gasteiger partial charge in [0.25, 0.3) is 10.2 Å². The van der Waals surface area contributed by atoms with Crippen LogP contribution < -0.4 is 10.5 Å². The average molecular weight is 284 g/mol. The number of hydrogen-bond acceptors (Lipinski definition) is 4. The highest BCUT2D eigenvalue weighted by molar-refractivity contribution is 7.87. The van der Waals surface area contributed by atoms with Crippen molar-refractivity contribution < 1.29 is 8.42 Å². The van der Waals surface area contributed by atoms with Crippen molar-refractivity contribution in [2.24, 2.45) is 11.7 Å². The largest absolute Gasteiger partial charge is 0.330 e. The fraction of sp³-hybridized carbons (Fsp3) is 0.583. The van der Waals surface area contributed by atoms with Gasteiger partial charge in [-0.05, 0) is 36.9 Å². The average Bonchev–Trinajstić information content (AvgIpc) is 2.46. The third kappa shape index (κ3) is 3.97. The van der Waals surface area contributed by atoms with Crippen molar-refractivity contribution in [3.8, 4) is 0 Å². The molecular weight excluding hydrogens is 264 g/mol. The molecule has 0 bridgehead atoms. The molecule has 0 aromatic carbocycles. The Bertz CT molecular complexity index is 492. The number of rotatable bonds is 5. The van der Waals surface area contributed by atoms with E-state index in [1.807, 2.05) is 6.07 Å². The molecule has 106 valence electrons. The van der Waals surface area contributed by atoms with Gasteiger partial charge in [0.05, 0.1) is 0 Å². The van der Waals surface area contributed by atoms with Gasteiger partial charge in [-0.1, -0.05) is 6.07 Å². The van der Waals surface area contributed by atoms with E-state index in [0.29, 0.717) is 19.6 Å². The molecule has 1 aliphatic heterocycles. The van der Waals surface area contributed by atoms with Crippen LogP contribution in [0, 0.1) is 5.92 Å². The normalized spacial score (nSPS) is 21.4. The molecule has 3 N–H and O–H groups in total. The Morgan fingerprint density at radius 2 is 2.37 bits per heavy atom. The van der Waals surface area contributed by atoms with Gasteiger partial charge in [0.1, 0.15) is 0 Å². The quantitative estimate of drug-likeness (QED) is 0.802. The van der Waals surface area contributed by atoms with E-state index in [2.05, 4.69) is 9.71 Å². The topological polar surface area (TPSA) is 88.3 Å². The minimum atomic E-state index is -3.42. The molecule has 0 saturated carbocycles. The van der Waals surface area contributed by atoms with Gasteiger partial charge >= 0.3 is 0 Å². The predicted octanol–water partition coefficient (Wildman–Crippen LogP) is 0.0867. The van der Waals surface area contributed by atoms with E-state index in [-0.39, 0.29) is 12.5 Å². The zero-order chi connectivity index (χ0) is 13.7. The van der Waals surface area contributed by atoms with Crippen molar-refractivity contribution in [2.75, 3.05) is 19.6 Å². The summed E-state index contributed by atoms with van der Waals surface area (Å²) in [5.74, 6) is 0.267. The van der Waals surface area contributed by atoms with Crippen LogP contribution >= 0.6 is 0 Å². The molecule has 0 aliphatic carbocycles. The highest BCUT2D eigenvalue weighted by atomic mass is 32.2. The molecule has 2 heterocycles. The lowest BCUT2D eigenvalue weighted by atomic mass is 10.0. The molecular formula is C12H20N4O2S. The third-order valence-corrected chi connectivity index (χ3v) is 4.86. The first-order valence-corrected chi connectivity index (χ1v) is 7.89. The van der Waals surface area contributed by atoms with E-state index in [4.69, 9.17) is 5.73 Å². The molecule has 19 heavy (non-hydrogen) atoms. The summed E-state index contributed by atoms with van der Waals surface area (Å²) in [7, 11) is -3.42. The van der Waals surface area contributed by atoms with Crippen LogP contribution in [0.25, 0.3) is 0 Å². The zero-order valence-electron chi connectivity index (χ0n) is 10.8. The SMILES string of the molecule is NCC1CCCN(S(=O)(=O)NCc2cccnc2)C1. The van der Waals surface area contributed by atoms with Gasteiger partial charge < -0.3 is 5.73 Å². The van der Waals surface area contributed by atoms with E-state index in [0.717, 1.165) is 18.4 Å². The van der Waals surface area contributed by atoms with Crippen molar-refractivity contribution in [2.45, 2.75) is 19.4 Å². The number of aromatic nitrogens is 1. The van der Waals surface area contributed by atoms with Gasteiger partial charge in [-0.3, -0.25) is 4.98 Å². The Labute approximate surface area is 114 Å². The van der Waals surface area contributed by atoms with Gasteiger partial charge in [0.15, 0.2) is 0 Å². The van der Waals surface area contributed by atoms with Gasteiger partial charge in [-0.2, -0.15) is 17.4 Å². The number of nitrogens with two attached hydrogens (primary N) is 1. The van der Waals surface area contributed by atoms with E-state index in [1.165, 1.54) is 4.31 Å². The Balaban J connectivity index is 1.94. The number of piperidine rings is 1. The Kier molecular flexibility index (Phi) is 4.87. The summed E-state index contributed by atoms with van der Waals surface area (Å²) in [6.45, 7) is 1.88. The molecule has 1 unspecified atom stereocenters. The van der Waals surface area contributed by atoms with Crippen LogP contribution in [-0.4, -0.2) is 37.3 Å². The van der Waals surface area contributed by atoms with Crippen LogP contribution in [0.3, 0.4) is 0 Å². The molecule has 7 heteroatoms. The van der Waals surface area contributed by atoms with Crippen LogP contribution in [0.5, 0.6) is 0 Å². The summed E-state index contributed by atoms with van der Waals surface area (Å²) in [5, 5.41) is 0. The van der Waals surface area contributed by atoms with Gasteiger partial charge in [-0.15, -0.1) is 0 Å². The molecule has 1 aromatic heterocycles. The smallest absolute Gasteiger partial charge is 0.279 e. The maximum absolute atomic E-state index is 12.2. The van der Waals surface area contributed by atoms with Crippen LogP contribution in [0.15, 0.2) is 24.5 Å². The van der Waals surface area contributed by atoms with Crippen LogP contribution in [0.4, 0.5) is 0 Å². The minimum absolute atomic E-state index is 0.264. The van der Waals surface area contributed by atoms with E-state index in [9.17, 15) is 8.42 Å². The lowest BCUT2D eigenvalue weighted by Gasteiger charge is -2.31. The van der Waals surface area contributed by atoms with Crippen molar-refractivity contribution in [3.63, 3.8) is 0 Å². The summed E-state index contributed by atoms with van der Waals surface area (Å²) < 4.78 is 28.4. The lowest BCUT2D eigenvalue weighted by molar-refractivity contribution is 0.268. The second-order valence-electron chi connectivity index (χ2n) is 4.79. The second kappa shape index (κ2) is 6.42. The first kappa shape index (κ1) is 14.4. The first-order chi connectivity index (χ1) is 9.12. The molecule has 1 aliphatic rings. The number of hydrogen-bond donors (Lipinski definition) is 2. The predicted molar refractivity (Wildman–Crippen MR) is 73.3 cm³/mol. The number of nitrogens with zero attached hydrogens (tertiary/aromatic N) is 2. The molecule has 2 rings (SSSR count). The monoisotopic (exact) mass is 284 g/mol. The van der Waals surface area contributed by atoms with Crippen molar-refractivity contribution >= 4 is 10.2 Å². The molecule has 6 nitrogen and oxygen atoms in total. The molecule has 0 radical (unpaired) electrons. The van der Waals surface area contributed by atoms with Crippen molar-refractivity contribution in [3.05, 3.63) is 30.1 Å². The zero-order valence-corrected chi connectivity index (χ0v) is 11.6. The summed E-state index contributed by atoms with van der Waals surface area (Å²) in [4.78, 5) is 3.96. The summed E-state index contributed by atoms with van der Waals surface area (Å²) >= 11 is 0. The molecule has 1 atom stereocenters. The highest BCUT2D eigenvalue weighted by Gasteiger charge is 2.27. The van der Waals surface area contributed by atoms with Gasteiger partial charge in [0.2, 0.25) is 0 Å². The Hall–Kier alpha value is -1.02. The van der Waals surface area contributed by atoms with Crippen LogP contribution in [-0.2, 0) is 16.8 Å². The maximum atomic E-state index is 12.2. The van der Waals surface area contributed by atoms with E-state index < -0.39 is 10.2 Å². The molecule has 1 fully saturated rings.